The highest BCUT2D eigenvalue weighted by Crippen LogP contribution is 2.37. The molecule has 5 rings (SSSR count). The number of rotatable bonds is 10. The molecule has 236 valence electrons. The summed E-state index contributed by atoms with van der Waals surface area (Å²) in [6, 6.07) is 34.7. The fraction of sp³-hybridized carbons (Fsp3) is 0.0278. The van der Waals surface area contributed by atoms with Crippen LogP contribution in [-0.2, 0) is 9.59 Å². The van der Waals surface area contributed by atoms with Gasteiger partial charge in [0, 0.05) is 21.2 Å². The van der Waals surface area contributed by atoms with Crippen LogP contribution in [0.3, 0.4) is 0 Å². The number of hydrogen-bond acceptors (Lipinski definition) is 4. The molecule has 0 spiro atoms. The van der Waals surface area contributed by atoms with Crippen LogP contribution in [0.4, 0.5) is 11.4 Å². The van der Waals surface area contributed by atoms with Gasteiger partial charge in [-0.15, -0.1) is 11.8 Å². The van der Waals surface area contributed by atoms with Gasteiger partial charge in [0.25, 0.3) is 11.8 Å². The van der Waals surface area contributed by atoms with E-state index in [1.807, 2.05) is 30.3 Å². The first-order valence-corrected chi connectivity index (χ1v) is 16.5. The highest BCUT2D eigenvalue weighted by molar-refractivity contribution is 8.00. The zero-order chi connectivity index (χ0) is 33.3. The molecule has 0 heterocycles. The summed E-state index contributed by atoms with van der Waals surface area (Å²) >= 11 is 26.2. The Hall–Kier alpha value is -4.24. The number of benzene rings is 5. The van der Waals surface area contributed by atoms with Crippen LogP contribution in [0.2, 0.25) is 20.1 Å². The van der Waals surface area contributed by atoms with Crippen LogP contribution in [0.15, 0.2) is 132 Å². The average molecular weight is 721 g/mol. The molecule has 0 saturated carbocycles. The molecule has 0 aliphatic rings. The van der Waals surface area contributed by atoms with E-state index in [1.54, 1.807) is 91.0 Å². The number of carbonyl (C=O) groups is 3. The maximum Gasteiger partial charge on any atom is 0.272 e. The quantitative estimate of drug-likeness (QED) is 0.0990. The van der Waals surface area contributed by atoms with Crippen molar-refractivity contribution in [2.75, 3.05) is 10.6 Å². The topological polar surface area (TPSA) is 87.3 Å². The third-order valence-electron chi connectivity index (χ3n) is 6.71. The second-order valence-corrected chi connectivity index (χ2v) is 12.8. The van der Waals surface area contributed by atoms with Crippen molar-refractivity contribution in [2.45, 2.75) is 10.1 Å². The van der Waals surface area contributed by atoms with Crippen molar-refractivity contribution in [3.8, 4) is 0 Å². The third kappa shape index (κ3) is 9.19. The number of nitrogens with one attached hydrogen (secondary N) is 3. The number of anilines is 2. The maximum absolute atomic E-state index is 13.5. The first-order chi connectivity index (χ1) is 22.7. The summed E-state index contributed by atoms with van der Waals surface area (Å²) in [5.41, 5.74) is 2.49. The lowest BCUT2D eigenvalue weighted by Crippen LogP contribution is -2.30. The summed E-state index contributed by atoms with van der Waals surface area (Å²) < 4.78 is 0. The van der Waals surface area contributed by atoms with Crippen molar-refractivity contribution >= 4 is 93.3 Å². The number of amides is 3. The van der Waals surface area contributed by atoms with Gasteiger partial charge in [-0.25, -0.2) is 0 Å². The summed E-state index contributed by atoms with van der Waals surface area (Å²) in [7, 11) is 0. The maximum atomic E-state index is 13.5. The van der Waals surface area contributed by atoms with E-state index in [4.69, 9.17) is 46.4 Å². The lowest BCUT2D eigenvalue weighted by Gasteiger charge is -2.18. The molecule has 11 heteroatoms. The molecule has 0 fully saturated rings. The molecule has 0 bridgehead atoms. The Morgan fingerprint density at radius 3 is 2.04 bits per heavy atom. The van der Waals surface area contributed by atoms with Gasteiger partial charge < -0.3 is 16.0 Å². The van der Waals surface area contributed by atoms with Gasteiger partial charge >= 0.3 is 0 Å². The molecule has 1 atom stereocenters. The largest absolute Gasteiger partial charge is 0.323 e. The monoisotopic (exact) mass is 719 g/mol. The summed E-state index contributed by atoms with van der Waals surface area (Å²) in [5.74, 6) is -1.32. The van der Waals surface area contributed by atoms with Crippen molar-refractivity contribution in [3.05, 3.63) is 164 Å². The fourth-order valence-electron chi connectivity index (χ4n) is 4.37. The molecule has 0 aromatic heterocycles. The molecule has 0 radical (unpaired) electrons. The minimum absolute atomic E-state index is 0.0388. The molecule has 1 unspecified atom stereocenters. The zero-order valence-corrected chi connectivity index (χ0v) is 28.2. The molecular weight excluding hydrogens is 696 g/mol. The Balaban J connectivity index is 1.35. The first kappa shape index (κ1) is 34.1. The normalized spacial score (nSPS) is 11.8. The van der Waals surface area contributed by atoms with Crippen LogP contribution in [-0.4, -0.2) is 17.7 Å². The Bertz CT molecular complexity index is 1940. The smallest absolute Gasteiger partial charge is 0.272 e. The SMILES string of the molecule is O=C(Nc1ccc(SC(C(=O)Nc2ccc(Cl)cc2Cl)c2ccccc2)cc1)/C(=C/c1cccc(Cl)c1Cl)NC(=O)c1ccccc1. The molecular formula is C36H25Cl4N3O3S. The molecule has 0 aliphatic carbocycles. The molecule has 3 N–H and O–H groups in total. The minimum atomic E-state index is -0.617. The van der Waals surface area contributed by atoms with E-state index in [0.29, 0.717) is 37.6 Å². The second-order valence-electron chi connectivity index (χ2n) is 10.0. The minimum Gasteiger partial charge on any atom is -0.323 e. The number of carbonyl (C=O) groups excluding carboxylic acids is 3. The summed E-state index contributed by atoms with van der Waals surface area (Å²) in [6.07, 6.45) is 1.46. The molecule has 5 aromatic carbocycles. The lowest BCUT2D eigenvalue weighted by atomic mass is 10.1. The zero-order valence-electron chi connectivity index (χ0n) is 24.3. The first-order valence-electron chi connectivity index (χ1n) is 14.1. The van der Waals surface area contributed by atoms with E-state index >= 15 is 0 Å². The van der Waals surface area contributed by atoms with Crippen molar-refractivity contribution in [1.29, 1.82) is 0 Å². The molecule has 47 heavy (non-hydrogen) atoms. The molecule has 0 aliphatic heterocycles. The summed E-state index contributed by atoms with van der Waals surface area (Å²) in [4.78, 5) is 40.7. The third-order valence-corrected chi connectivity index (χ3v) is 9.35. The molecule has 5 aromatic rings. The van der Waals surface area contributed by atoms with Crippen LogP contribution in [0.5, 0.6) is 0 Å². The average Bonchev–Trinajstić information content (AvgIpc) is 3.08. The highest BCUT2D eigenvalue weighted by atomic mass is 35.5. The fourth-order valence-corrected chi connectivity index (χ4v) is 6.21. The summed E-state index contributed by atoms with van der Waals surface area (Å²) in [6.45, 7) is 0. The van der Waals surface area contributed by atoms with E-state index in [-0.39, 0.29) is 16.6 Å². The predicted octanol–water partition coefficient (Wildman–Crippen LogP) is 10.2. The van der Waals surface area contributed by atoms with E-state index in [1.165, 1.54) is 17.8 Å². The van der Waals surface area contributed by atoms with E-state index in [2.05, 4.69) is 16.0 Å². The van der Waals surface area contributed by atoms with Crippen LogP contribution in [0, 0.1) is 0 Å². The van der Waals surface area contributed by atoms with Gasteiger partial charge in [0.1, 0.15) is 10.9 Å². The van der Waals surface area contributed by atoms with Gasteiger partial charge in [-0.3, -0.25) is 14.4 Å². The van der Waals surface area contributed by atoms with Crippen LogP contribution >= 0.6 is 58.2 Å². The van der Waals surface area contributed by atoms with Crippen molar-refractivity contribution in [2.24, 2.45) is 0 Å². The van der Waals surface area contributed by atoms with Gasteiger partial charge in [0.05, 0.1) is 20.8 Å². The van der Waals surface area contributed by atoms with Crippen LogP contribution in [0.1, 0.15) is 26.7 Å². The Kier molecular flexibility index (Phi) is 11.6. The van der Waals surface area contributed by atoms with Gasteiger partial charge in [-0.05, 0) is 77.9 Å². The van der Waals surface area contributed by atoms with Gasteiger partial charge in [0.2, 0.25) is 5.91 Å². The summed E-state index contributed by atoms with van der Waals surface area (Å²) in [5, 5.41) is 9.12. The van der Waals surface area contributed by atoms with Gasteiger partial charge in [-0.1, -0.05) is 107 Å². The Morgan fingerprint density at radius 2 is 1.36 bits per heavy atom. The van der Waals surface area contributed by atoms with Crippen LogP contribution in [0.25, 0.3) is 6.08 Å². The Labute approximate surface area is 296 Å². The number of hydrogen-bond donors (Lipinski definition) is 3. The second kappa shape index (κ2) is 16.0. The van der Waals surface area contributed by atoms with E-state index < -0.39 is 17.1 Å². The highest BCUT2D eigenvalue weighted by Gasteiger charge is 2.23. The van der Waals surface area contributed by atoms with E-state index in [9.17, 15) is 14.4 Å². The number of halogens is 4. The van der Waals surface area contributed by atoms with Crippen molar-refractivity contribution in [3.63, 3.8) is 0 Å². The van der Waals surface area contributed by atoms with Crippen LogP contribution < -0.4 is 16.0 Å². The molecule has 6 nitrogen and oxygen atoms in total. The predicted molar refractivity (Wildman–Crippen MR) is 194 cm³/mol. The lowest BCUT2D eigenvalue weighted by molar-refractivity contribution is -0.116. The number of thioether (sulfide) groups is 1. The van der Waals surface area contributed by atoms with Crippen molar-refractivity contribution in [1.82, 2.24) is 5.32 Å². The van der Waals surface area contributed by atoms with Crippen molar-refractivity contribution < 1.29 is 14.4 Å². The Morgan fingerprint density at radius 1 is 0.681 bits per heavy atom. The van der Waals surface area contributed by atoms with Gasteiger partial charge in [0.15, 0.2) is 0 Å². The molecule has 3 amide bonds. The standard InChI is InChI=1S/C36H25Cl4N3O3S/c37-25-14-19-30(29(39)21-25)42-36(46)33(22-8-3-1-4-9-22)47-27-17-15-26(16-18-27)41-35(45)31(20-24-12-7-13-28(38)32(24)40)43-34(44)23-10-5-2-6-11-23/h1-21,33H,(H,41,45)(H,42,46)(H,43,44)/b31-20-. The van der Waals surface area contributed by atoms with E-state index in [0.717, 1.165) is 10.5 Å². The van der Waals surface area contributed by atoms with Gasteiger partial charge in [-0.2, -0.15) is 0 Å². The molecule has 0 saturated heterocycles.